The summed E-state index contributed by atoms with van der Waals surface area (Å²) in [6, 6.07) is 4.32. The monoisotopic (exact) mass is 379 g/mol. The predicted molar refractivity (Wildman–Crippen MR) is 92.9 cm³/mol. The van der Waals surface area contributed by atoms with E-state index in [9.17, 15) is 13.0 Å². The highest BCUT2D eigenvalue weighted by atomic mass is 32.3. The summed E-state index contributed by atoms with van der Waals surface area (Å²) in [5.74, 6) is 1.54. The van der Waals surface area contributed by atoms with E-state index in [1.807, 2.05) is 12.1 Å². The Labute approximate surface area is 152 Å². The highest BCUT2D eigenvalue weighted by Gasteiger charge is 2.65. The van der Waals surface area contributed by atoms with Gasteiger partial charge in [-0.1, -0.05) is 18.2 Å². The summed E-state index contributed by atoms with van der Waals surface area (Å²) >= 11 is 0. The van der Waals surface area contributed by atoms with Gasteiger partial charge in [0.1, 0.15) is 12.2 Å². The molecule has 7 nitrogen and oxygen atoms in total. The maximum Gasteiger partial charge on any atom is 0.398 e. The van der Waals surface area contributed by atoms with Gasteiger partial charge in [0, 0.05) is 22.9 Å². The van der Waals surface area contributed by atoms with Crippen LogP contribution in [-0.2, 0) is 26.4 Å². The number of ether oxygens (including phenoxy) is 2. The summed E-state index contributed by atoms with van der Waals surface area (Å²) in [5.41, 5.74) is 1.99. The number of hydrogen-bond acceptors (Lipinski definition) is 6. The molecule has 26 heavy (non-hydrogen) atoms. The first-order chi connectivity index (χ1) is 12.3. The molecular formula is C18H21NO6S. The minimum absolute atomic E-state index is 0.202. The van der Waals surface area contributed by atoms with Gasteiger partial charge in [0.15, 0.2) is 11.5 Å². The van der Waals surface area contributed by atoms with Crippen LogP contribution in [0.2, 0.25) is 0 Å². The van der Waals surface area contributed by atoms with Crippen LogP contribution in [0.1, 0.15) is 17.5 Å². The third-order valence-corrected chi connectivity index (χ3v) is 7.03. The number of rotatable bonds is 3. The van der Waals surface area contributed by atoms with Crippen LogP contribution in [-0.4, -0.2) is 56.8 Å². The van der Waals surface area contributed by atoms with Crippen LogP contribution in [0.25, 0.3) is 0 Å². The molecule has 0 saturated carbocycles. The average molecular weight is 379 g/mol. The van der Waals surface area contributed by atoms with Crippen LogP contribution >= 0.6 is 0 Å². The van der Waals surface area contributed by atoms with Crippen LogP contribution < -0.4 is 9.47 Å². The molecule has 1 fully saturated rings. The Hall–Kier alpha value is -1.61. The Morgan fingerprint density at radius 1 is 1.35 bits per heavy atom. The van der Waals surface area contributed by atoms with Gasteiger partial charge < -0.3 is 14.4 Å². The fourth-order valence-electron chi connectivity index (χ4n) is 5.59. The van der Waals surface area contributed by atoms with E-state index in [4.69, 9.17) is 13.7 Å². The molecular weight excluding hydrogens is 358 g/mol. The molecule has 1 saturated heterocycles. The van der Waals surface area contributed by atoms with Crippen molar-refractivity contribution in [2.75, 3.05) is 20.7 Å². The fraction of sp³-hybridized carbons (Fsp3) is 0.556. The zero-order valence-corrected chi connectivity index (χ0v) is 15.4. The summed E-state index contributed by atoms with van der Waals surface area (Å²) < 4.78 is 48.8. The van der Waals surface area contributed by atoms with Gasteiger partial charge in [-0.15, -0.1) is 0 Å². The Morgan fingerprint density at radius 2 is 2.15 bits per heavy atom. The van der Waals surface area contributed by atoms with Gasteiger partial charge in [-0.2, -0.15) is 8.42 Å². The highest BCUT2D eigenvalue weighted by Crippen LogP contribution is 2.62. The third kappa shape index (κ3) is 2.01. The second-order valence-corrected chi connectivity index (χ2v) is 8.66. The molecule has 0 radical (unpaired) electrons. The topological polar surface area (TPSA) is 85.3 Å². The Morgan fingerprint density at radius 3 is 2.88 bits per heavy atom. The number of likely N-dealkylation sites (N-methyl/N-ethyl adjacent to an activating group) is 1. The zero-order valence-electron chi connectivity index (χ0n) is 14.6. The van der Waals surface area contributed by atoms with Crippen molar-refractivity contribution in [2.45, 2.75) is 36.5 Å². The van der Waals surface area contributed by atoms with Gasteiger partial charge in [0.25, 0.3) is 0 Å². The van der Waals surface area contributed by atoms with E-state index in [1.54, 1.807) is 13.2 Å². The number of methoxy groups -OCH3 is 1. The van der Waals surface area contributed by atoms with Crippen LogP contribution in [0.5, 0.6) is 11.5 Å². The molecule has 140 valence electrons. The van der Waals surface area contributed by atoms with Crippen LogP contribution in [0.15, 0.2) is 24.3 Å². The van der Waals surface area contributed by atoms with Crippen LogP contribution in [0.4, 0.5) is 0 Å². The Balaban J connectivity index is 1.73. The van der Waals surface area contributed by atoms with Crippen molar-refractivity contribution in [1.29, 1.82) is 0 Å². The molecule has 5 atom stereocenters. The van der Waals surface area contributed by atoms with Crippen molar-refractivity contribution in [3.05, 3.63) is 35.4 Å². The molecule has 1 aromatic carbocycles. The maximum atomic E-state index is 11.4. The van der Waals surface area contributed by atoms with Crippen molar-refractivity contribution in [3.8, 4) is 11.5 Å². The molecule has 1 spiro atoms. The second-order valence-electron chi connectivity index (χ2n) is 7.61. The molecule has 2 bridgehead atoms. The van der Waals surface area contributed by atoms with Crippen molar-refractivity contribution in [1.82, 2.24) is 4.90 Å². The summed E-state index contributed by atoms with van der Waals surface area (Å²) in [5, 5.41) is 0. The summed E-state index contributed by atoms with van der Waals surface area (Å²) in [6.45, 7) is 0.892. The molecule has 2 heterocycles. The van der Waals surface area contributed by atoms with Crippen molar-refractivity contribution in [3.63, 3.8) is 0 Å². The molecule has 1 N–H and O–H groups in total. The number of nitrogens with zero attached hydrogens (tertiary/aromatic N) is 1. The Bertz CT molecular complexity index is 913. The first-order valence-electron chi connectivity index (χ1n) is 8.76. The van der Waals surface area contributed by atoms with Crippen molar-refractivity contribution < 1.29 is 26.6 Å². The normalized spacial score (nSPS) is 37.2. The standard InChI is InChI=1S/C18H21NO6S/c1-19-8-7-18-11-4-6-14(25-26(20,21)22)17(18)24-16-13(23-2)5-3-10(15(16)18)9-12(11)19/h3-6,11-12,14,17H,7-9H2,1-2H3,(H,20,21,22)/t11-,12+,14+,17-,18-/m0/s1. The molecule has 0 aromatic heterocycles. The SMILES string of the molecule is COc1ccc2c3c1O[C@H]1[C@H](OS(=O)(=O)O)C=C[C@H]4[C@@H](C2)N(C)CC[C@@]341. The highest BCUT2D eigenvalue weighted by molar-refractivity contribution is 7.80. The van der Waals surface area contributed by atoms with Gasteiger partial charge >= 0.3 is 10.4 Å². The molecule has 8 heteroatoms. The van der Waals surface area contributed by atoms with Gasteiger partial charge in [0.2, 0.25) is 0 Å². The molecule has 4 aliphatic rings. The number of likely N-dealkylation sites (tertiary alicyclic amines) is 1. The van der Waals surface area contributed by atoms with E-state index in [0.717, 1.165) is 24.9 Å². The Kier molecular flexibility index (Phi) is 3.32. The lowest BCUT2D eigenvalue weighted by Gasteiger charge is -2.56. The van der Waals surface area contributed by atoms with E-state index in [1.165, 1.54) is 5.56 Å². The first-order valence-corrected chi connectivity index (χ1v) is 10.1. The summed E-state index contributed by atoms with van der Waals surface area (Å²) in [6.07, 6.45) is 4.14. The third-order valence-electron chi connectivity index (χ3n) is 6.57. The summed E-state index contributed by atoms with van der Waals surface area (Å²) in [4.78, 5) is 2.37. The number of benzene rings is 1. The number of hydrogen-bond donors (Lipinski definition) is 1. The number of piperidine rings is 1. The minimum atomic E-state index is -4.59. The van der Waals surface area contributed by atoms with Crippen LogP contribution in [0, 0.1) is 5.92 Å². The lowest BCUT2D eigenvalue weighted by atomic mass is 9.53. The fourth-order valence-corrected chi connectivity index (χ4v) is 6.04. The van der Waals surface area contributed by atoms with Gasteiger partial charge in [0.05, 0.1) is 7.11 Å². The smallest absolute Gasteiger partial charge is 0.398 e. The van der Waals surface area contributed by atoms with Crippen molar-refractivity contribution >= 4 is 10.4 Å². The largest absolute Gasteiger partial charge is 0.493 e. The summed E-state index contributed by atoms with van der Waals surface area (Å²) in [7, 11) is -0.857. The lowest BCUT2D eigenvalue weighted by molar-refractivity contribution is -0.0389. The average Bonchev–Trinajstić information content (AvgIpc) is 2.93. The lowest BCUT2D eigenvalue weighted by Crippen LogP contribution is -2.65. The zero-order chi connectivity index (χ0) is 18.3. The van der Waals surface area contributed by atoms with Crippen LogP contribution in [0.3, 0.4) is 0 Å². The van der Waals surface area contributed by atoms with E-state index in [0.29, 0.717) is 17.5 Å². The maximum absolute atomic E-state index is 11.4. The van der Waals surface area contributed by atoms with Crippen molar-refractivity contribution in [2.24, 2.45) is 5.92 Å². The molecule has 2 aliphatic heterocycles. The molecule has 0 amide bonds. The van der Waals surface area contributed by atoms with Gasteiger partial charge in [-0.25, -0.2) is 4.18 Å². The van der Waals surface area contributed by atoms with E-state index < -0.39 is 22.6 Å². The molecule has 5 rings (SSSR count). The molecule has 2 aliphatic carbocycles. The van der Waals surface area contributed by atoms with E-state index in [2.05, 4.69) is 18.0 Å². The first kappa shape index (κ1) is 16.6. The second kappa shape index (κ2) is 5.22. The van der Waals surface area contributed by atoms with Gasteiger partial charge in [-0.05, 0) is 38.1 Å². The predicted octanol–water partition coefficient (Wildman–Crippen LogP) is 1.33. The minimum Gasteiger partial charge on any atom is -0.493 e. The van der Waals surface area contributed by atoms with E-state index in [-0.39, 0.29) is 11.3 Å². The molecule has 1 aromatic rings. The molecule has 0 unspecified atom stereocenters. The van der Waals surface area contributed by atoms with E-state index >= 15 is 0 Å². The van der Waals surface area contributed by atoms with Gasteiger partial charge in [-0.3, -0.25) is 4.55 Å². The quantitative estimate of drug-likeness (QED) is 0.626.